The van der Waals surface area contributed by atoms with Crippen LogP contribution in [0.3, 0.4) is 0 Å². The van der Waals surface area contributed by atoms with Gasteiger partial charge in [0, 0.05) is 18.7 Å². The van der Waals surface area contributed by atoms with Gasteiger partial charge in [0.25, 0.3) is 5.69 Å². The second kappa shape index (κ2) is 8.37. The zero-order valence-corrected chi connectivity index (χ0v) is 15.5. The number of nitrogens with one attached hydrogen (secondary N) is 1. The third-order valence-corrected chi connectivity index (χ3v) is 4.25. The van der Waals surface area contributed by atoms with Crippen LogP contribution in [0.5, 0.6) is 0 Å². The van der Waals surface area contributed by atoms with Crippen molar-refractivity contribution in [2.24, 2.45) is 5.10 Å². The van der Waals surface area contributed by atoms with Crippen LogP contribution >= 0.6 is 0 Å². The summed E-state index contributed by atoms with van der Waals surface area (Å²) in [5, 5.41) is 26.1. The Morgan fingerprint density at radius 3 is 2.41 bits per heavy atom. The largest absolute Gasteiger partial charge is 0.380 e. The van der Waals surface area contributed by atoms with Crippen LogP contribution in [0.25, 0.3) is 0 Å². The molecule has 0 aliphatic carbocycles. The fraction of sp³-hybridized carbons (Fsp3) is 0.278. The number of hydrogen-bond acceptors (Lipinski definition) is 7. The third kappa shape index (κ3) is 4.45. The van der Waals surface area contributed by atoms with Crippen molar-refractivity contribution in [2.75, 3.05) is 12.5 Å². The maximum absolute atomic E-state index is 11.2. The molecule has 9 heteroatoms. The minimum Gasteiger partial charge on any atom is -0.380 e. The number of hydrazone groups is 1. The Labute approximate surface area is 156 Å². The van der Waals surface area contributed by atoms with Crippen LogP contribution < -0.4 is 5.43 Å². The van der Waals surface area contributed by atoms with Crippen molar-refractivity contribution < 1.29 is 14.6 Å². The number of rotatable bonds is 7. The van der Waals surface area contributed by atoms with E-state index in [9.17, 15) is 20.2 Å². The van der Waals surface area contributed by atoms with Gasteiger partial charge >= 0.3 is 5.69 Å². The molecule has 0 saturated carbocycles. The van der Waals surface area contributed by atoms with Crippen molar-refractivity contribution >= 4 is 23.3 Å². The highest BCUT2D eigenvalue weighted by Gasteiger charge is 2.19. The Hall–Kier alpha value is -3.33. The predicted molar refractivity (Wildman–Crippen MR) is 102 cm³/mol. The van der Waals surface area contributed by atoms with E-state index in [1.165, 1.54) is 12.1 Å². The second-order valence-electron chi connectivity index (χ2n) is 6.05. The molecule has 0 fully saturated rings. The highest BCUT2D eigenvalue weighted by atomic mass is 16.6. The van der Waals surface area contributed by atoms with Gasteiger partial charge in [0.05, 0.1) is 28.7 Å². The average molecular weight is 372 g/mol. The van der Waals surface area contributed by atoms with Crippen LogP contribution in [0, 0.1) is 41.0 Å². The van der Waals surface area contributed by atoms with Crippen molar-refractivity contribution in [3.05, 3.63) is 72.3 Å². The van der Waals surface area contributed by atoms with Gasteiger partial charge in [-0.3, -0.25) is 25.7 Å². The summed E-state index contributed by atoms with van der Waals surface area (Å²) in [4.78, 5) is 20.6. The quantitative estimate of drug-likeness (QED) is 0.445. The molecule has 0 aromatic heterocycles. The molecule has 0 unspecified atom stereocenters. The number of ether oxygens (including phenoxy) is 1. The van der Waals surface area contributed by atoms with Crippen LogP contribution in [0.2, 0.25) is 0 Å². The first-order chi connectivity index (χ1) is 12.8. The minimum absolute atomic E-state index is 0.0707. The molecule has 0 spiro atoms. The van der Waals surface area contributed by atoms with Crippen molar-refractivity contribution in [1.29, 1.82) is 0 Å². The van der Waals surface area contributed by atoms with E-state index in [1.54, 1.807) is 13.3 Å². The summed E-state index contributed by atoms with van der Waals surface area (Å²) in [6, 6.07) is 5.37. The maximum Gasteiger partial charge on any atom is 0.301 e. The Morgan fingerprint density at radius 2 is 1.81 bits per heavy atom. The van der Waals surface area contributed by atoms with E-state index in [2.05, 4.69) is 10.5 Å². The monoisotopic (exact) mass is 372 g/mol. The maximum atomic E-state index is 11.2. The molecule has 9 nitrogen and oxygen atoms in total. The lowest BCUT2D eigenvalue weighted by atomic mass is 9.94. The zero-order chi connectivity index (χ0) is 20.1. The summed E-state index contributed by atoms with van der Waals surface area (Å²) in [5.41, 5.74) is 6.98. The molecule has 0 radical (unpaired) electrons. The molecule has 0 aliphatic rings. The smallest absolute Gasteiger partial charge is 0.301 e. The van der Waals surface area contributed by atoms with Gasteiger partial charge in [-0.15, -0.1) is 0 Å². The van der Waals surface area contributed by atoms with Gasteiger partial charge in [0.2, 0.25) is 0 Å². The van der Waals surface area contributed by atoms with Crippen molar-refractivity contribution in [2.45, 2.75) is 27.4 Å². The molecule has 0 saturated heterocycles. The summed E-state index contributed by atoms with van der Waals surface area (Å²) in [6.45, 7) is 6.39. The molecule has 0 heterocycles. The van der Waals surface area contributed by atoms with E-state index in [1.807, 2.05) is 26.8 Å². The van der Waals surface area contributed by atoms with Crippen LogP contribution in [0.1, 0.15) is 27.8 Å². The summed E-state index contributed by atoms with van der Waals surface area (Å²) in [5.74, 6) is 0. The highest BCUT2D eigenvalue weighted by Crippen LogP contribution is 2.29. The molecule has 142 valence electrons. The number of nitro groups is 2. The van der Waals surface area contributed by atoms with Gasteiger partial charge in [0.15, 0.2) is 0 Å². The molecule has 0 aliphatic heterocycles. The number of non-ortho nitro benzene ring substituents is 1. The second-order valence-corrected chi connectivity index (χ2v) is 6.05. The lowest BCUT2D eigenvalue weighted by molar-refractivity contribution is -0.393. The molecule has 27 heavy (non-hydrogen) atoms. The Bertz CT molecular complexity index is 924. The molecular weight excluding hydrogens is 352 g/mol. The molecular formula is C18H20N4O5. The fourth-order valence-electron chi connectivity index (χ4n) is 2.85. The number of aryl methyl sites for hydroxylation is 2. The summed E-state index contributed by atoms with van der Waals surface area (Å²) in [6.07, 6.45) is 1.58. The number of benzene rings is 2. The molecule has 0 bridgehead atoms. The number of anilines is 1. The Kier molecular flexibility index (Phi) is 6.19. The van der Waals surface area contributed by atoms with Crippen molar-refractivity contribution in [3.8, 4) is 0 Å². The van der Waals surface area contributed by atoms with Crippen molar-refractivity contribution in [1.82, 2.24) is 0 Å². The molecule has 2 aromatic carbocycles. The number of hydrogen-bond donors (Lipinski definition) is 1. The van der Waals surface area contributed by atoms with E-state index in [-0.39, 0.29) is 11.4 Å². The van der Waals surface area contributed by atoms with Crippen molar-refractivity contribution in [3.63, 3.8) is 0 Å². The van der Waals surface area contributed by atoms with E-state index in [0.717, 1.165) is 33.9 Å². The first kappa shape index (κ1) is 20.0. The zero-order valence-electron chi connectivity index (χ0n) is 15.5. The van der Waals surface area contributed by atoms with E-state index >= 15 is 0 Å². The number of nitrogens with zero attached hydrogens (tertiary/aromatic N) is 3. The van der Waals surface area contributed by atoms with E-state index < -0.39 is 15.5 Å². The van der Waals surface area contributed by atoms with Gasteiger partial charge in [0.1, 0.15) is 5.69 Å². The topological polar surface area (TPSA) is 120 Å². The molecule has 2 rings (SSSR count). The molecule has 2 aromatic rings. The van der Waals surface area contributed by atoms with Crippen LogP contribution in [-0.2, 0) is 11.3 Å². The highest BCUT2D eigenvalue weighted by molar-refractivity contribution is 5.85. The number of nitro benzene ring substituents is 2. The first-order valence-corrected chi connectivity index (χ1v) is 8.06. The van der Waals surface area contributed by atoms with Crippen LogP contribution in [0.4, 0.5) is 17.1 Å². The standard InChI is InChI=1S/C18H20N4O5/c1-11-7-12(2)16(10-27-4)13(3)15(11)9-19-20-17-6-5-14(21(23)24)8-18(17)22(25)26/h5-9,20H,10H2,1-4H3/b19-9+. The van der Waals surface area contributed by atoms with Gasteiger partial charge in [-0.05, 0) is 49.1 Å². The molecule has 0 amide bonds. The Balaban J connectivity index is 2.34. The SMILES string of the molecule is COCc1c(C)cc(C)c(/C=N/Nc2ccc([N+](=O)[O-])cc2[N+](=O)[O-])c1C. The summed E-state index contributed by atoms with van der Waals surface area (Å²) in [7, 11) is 1.63. The van der Waals surface area contributed by atoms with Crippen LogP contribution in [-0.4, -0.2) is 23.2 Å². The summed E-state index contributed by atoms with van der Waals surface area (Å²) < 4.78 is 5.24. The van der Waals surface area contributed by atoms with Gasteiger partial charge in [-0.25, -0.2) is 0 Å². The van der Waals surface area contributed by atoms with Crippen LogP contribution in [0.15, 0.2) is 29.4 Å². The lowest BCUT2D eigenvalue weighted by Gasteiger charge is -2.14. The average Bonchev–Trinajstić information content (AvgIpc) is 2.61. The lowest BCUT2D eigenvalue weighted by Crippen LogP contribution is -2.04. The van der Waals surface area contributed by atoms with Gasteiger partial charge < -0.3 is 4.74 Å². The molecule has 1 N–H and O–H groups in total. The van der Waals surface area contributed by atoms with Gasteiger partial charge in [-0.2, -0.15) is 5.10 Å². The van der Waals surface area contributed by atoms with E-state index in [0.29, 0.717) is 6.61 Å². The summed E-state index contributed by atoms with van der Waals surface area (Å²) >= 11 is 0. The third-order valence-electron chi connectivity index (χ3n) is 4.25. The normalized spacial score (nSPS) is 11.0. The first-order valence-electron chi connectivity index (χ1n) is 8.06. The van der Waals surface area contributed by atoms with E-state index in [4.69, 9.17) is 4.74 Å². The molecule has 0 atom stereocenters. The fourth-order valence-corrected chi connectivity index (χ4v) is 2.85. The minimum atomic E-state index is -0.691. The Morgan fingerprint density at radius 1 is 1.11 bits per heavy atom. The predicted octanol–water partition coefficient (Wildman–Crippen LogP) is 4.02. The van der Waals surface area contributed by atoms with Gasteiger partial charge in [-0.1, -0.05) is 6.07 Å². The number of methoxy groups -OCH3 is 1.